The van der Waals surface area contributed by atoms with E-state index in [1.807, 2.05) is 0 Å². The fourth-order valence-corrected chi connectivity index (χ4v) is 8.54. The van der Waals surface area contributed by atoms with Crippen molar-refractivity contribution >= 4 is 0 Å². The molecule has 3 atom stereocenters. The zero-order chi connectivity index (χ0) is 42.8. The van der Waals surface area contributed by atoms with E-state index in [0.29, 0.717) is 33.0 Å². The molecule has 0 aliphatic rings. The Morgan fingerprint density at radius 1 is 0.271 bits per heavy atom. The molecule has 59 heavy (non-hydrogen) atoms. The molecular weight excluding hydrogens is 729 g/mol. The number of aliphatic hydroxyl groups excluding tert-OH is 2. The molecule has 3 unspecified atom stereocenters. The maximum atomic E-state index is 10.7. The maximum Gasteiger partial charge on any atom is 0.0809 e. The standard InChI is InChI=1S/C54H110O5/c1-4-7-10-13-16-19-22-25-27-29-32-35-38-41-44-52(55)49-57-47-48-58-51-54(46-43-40-37-34-31-24-21-18-15-12-9-6-3)59-50-53(56)45-42-39-36-33-30-28-26-23-20-17-14-11-8-5-2/h52-56H,4-51H2,1-3H3. The van der Waals surface area contributed by atoms with E-state index in [2.05, 4.69) is 20.8 Å². The van der Waals surface area contributed by atoms with Gasteiger partial charge in [-0.1, -0.05) is 278 Å². The first-order valence-corrected chi connectivity index (χ1v) is 27.3. The zero-order valence-corrected chi connectivity index (χ0v) is 40.8. The second kappa shape index (κ2) is 52.1. The summed E-state index contributed by atoms with van der Waals surface area (Å²) in [5, 5.41) is 21.1. The van der Waals surface area contributed by atoms with Crippen molar-refractivity contribution < 1.29 is 24.4 Å². The lowest BCUT2D eigenvalue weighted by molar-refractivity contribution is -0.0647. The summed E-state index contributed by atoms with van der Waals surface area (Å²) in [5.41, 5.74) is 0. The van der Waals surface area contributed by atoms with Crippen LogP contribution in [0.3, 0.4) is 0 Å². The second-order valence-corrected chi connectivity index (χ2v) is 18.9. The van der Waals surface area contributed by atoms with Crippen molar-refractivity contribution in [2.24, 2.45) is 0 Å². The Kier molecular flexibility index (Phi) is 52.0. The van der Waals surface area contributed by atoms with Gasteiger partial charge < -0.3 is 24.4 Å². The van der Waals surface area contributed by atoms with Crippen molar-refractivity contribution in [3.63, 3.8) is 0 Å². The molecule has 0 fully saturated rings. The Bertz CT molecular complexity index is 734. The normalized spacial score (nSPS) is 13.4. The van der Waals surface area contributed by atoms with E-state index >= 15 is 0 Å². The molecule has 0 saturated heterocycles. The minimum absolute atomic E-state index is 0.0232. The lowest BCUT2D eigenvalue weighted by Gasteiger charge is -2.20. The van der Waals surface area contributed by atoms with Crippen LogP contribution in [0, 0.1) is 0 Å². The molecule has 0 aromatic carbocycles. The first kappa shape index (κ1) is 58.8. The highest BCUT2D eigenvalue weighted by atomic mass is 16.6. The predicted molar refractivity (Wildman–Crippen MR) is 259 cm³/mol. The Morgan fingerprint density at radius 2 is 0.508 bits per heavy atom. The van der Waals surface area contributed by atoms with Crippen LogP contribution in [0.1, 0.15) is 297 Å². The second-order valence-electron chi connectivity index (χ2n) is 18.9. The van der Waals surface area contributed by atoms with E-state index in [1.165, 1.54) is 238 Å². The molecule has 0 heterocycles. The van der Waals surface area contributed by atoms with E-state index in [4.69, 9.17) is 14.2 Å². The van der Waals surface area contributed by atoms with Gasteiger partial charge in [0.05, 0.1) is 51.3 Å². The van der Waals surface area contributed by atoms with Gasteiger partial charge in [-0.15, -0.1) is 0 Å². The van der Waals surface area contributed by atoms with Crippen LogP contribution in [-0.4, -0.2) is 61.6 Å². The highest BCUT2D eigenvalue weighted by Gasteiger charge is 2.13. The van der Waals surface area contributed by atoms with E-state index in [9.17, 15) is 10.2 Å². The van der Waals surface area contributed by atoms with Gasteiger partial charge >= 0.3 is 0 Å². The van der Waals surface area contributed by atoms with Crippen LogP contribution in [-0.2, 0) is 14.2 Å². The molecule has 0 bridgehead atoms. The van der Waals surface area contributed by atoms with Crippen LogP contribution in [0.25, 0.3) is 0 Å². The van der Waals surface area contributed by atoms with Gasteiger partial charge in [-0.25, -0.2) is 0 Å². The molecule has 0 rings (SSSR count). The fraction of sp³-hybridized carbons (Fsp3) is 1.00. The summed E-state index contributed by atoms with van der Waals surface area (Å²) in [6, 6.07) is 0. The van der Waals surface area contributed by atoms with Crippen molar-refractivity contribution in [2.45, 2.75) is 315 Å². The Morgan fingerprint density at radius 3 is 0.814 bits per heavy atom. The van der Waals surface area contributed by atoms with E-state index in [0.717, 1.165) is 38.5 Å². The topological polar surface area (TPSA) is 68.2 Å². The molecular formula is C54H110O5. The smallest absolute Gasteiger partial charge is 0.0809 e. The Labute approximate surface area is 371 Å². The maximum absolute atomic E-state index is 10.7. The van der Waals surface area contributed by atoms with Crippen LogP contribution in [0.2, 0.25) is 0 Å². The highest BCUT2D eigenvalue weighted by Crippen LogP contribution is 2.18. The molecule has 5 nitrogen and oxygen atoms in total. The largest absolute Gasteiger partial charge is 0.391 e. The van der Waals surface area contributed by atoms with Gasteiger partial charge in [-0.05, 0) is 19.3 Å². The van der Waals surface area contributed by atoms with E-state index in [-0.39, 0.29) is 18.3 Å². The lowest BCUT2D eigenvalue weighted by Crippen LogP contribution is -2.26. The van der Waals surface area contributed by atoms with Crippen molar-refractivity contribution in [1.82, 2.24) is 0 Å². The minimum Gasteiger partial charge on any atom is -0.391 e. The van der Waals surface area contributed by atoms with Crippen LogP contribution >= 0.6 is 0 Å². The quantitative estimate of drug-likeness (QED) is 0.0597. The summed E-state index contributed by atoms with van der Waals surface area (Å²) in [6.45, 7) is 9.25. The van der Waals surface area contributed by atoms with E-state index in [1.54, 1.807) is 0 Å². The molecule has 0 aliphatic carbocycles. The number of hydrogen-bond donors (Lipinski definition) is 2. The van der Waals surface area contributed by atoms with Gasteiger partial charge in [0.15, 0.2) is 0 Å². The van der Waals surface area contributed by atoms with Crippen molar-refractivity contribution in [3.05, 3.63) is 0 Å². The molecule has 0 aromatic rings. The first-order valence-electron chi connectivity index (χ1n) is 27.3. The zero-order valence-electron chi connectivity index (χ0n) is 40.8. The van der Waals surface area contributed by atoms with Crippen molar-refractivity contribution in [2.75, 3.05) is 33.0 Å². The molecule has 0 aromatic heterocycles. The van der Waals surface area contributed by atoms with E-state index < -0.39 is 0 Å². The minimum atomic E-state index is -0.388. The molecule has 0 aliphatic heterocycles. The number of aliphatic hydroxyl groups is 2. The highest BCUT2D eigenvalue weighted by molar-refractivity contribution is 4.63. The number of hydrogen-bond acceptors (Lipinski definition) is 5. The molecule has 356 valence electrons. The average molecular weight is 839 g/mol. The predicted octanol–water partition coefficient (Wildman–Crippen LogP) is 17.0. The van der Waals surface area contributed by atoms with Gasteiger partial charge in [-0.3, -0.25) is 0 Å². The molecule has 2 N–H and O–H groups in total. The van der Waals surface area contributed by atoms with Gasteiger partial charge in [-0.2, -0.15) is 0 Å². The van der Waals surface area contributed by atoms with Gasteiger partial charge in [0, 0.05) is 0 Å². The summed E-state index contributed by atoms with van der Waals surface area (Å²) >= 11 is 0. The van der Waals surface area contributed by atoms with Gasteiger partial charge in [0.2, 0.25) is 0 Å². The lowest BCUT2D eigenvalue weighted by atomic mass is 10.0. The number of unbranched alkanes of at least 4 members (excludes halogenated alkanes) is 37. The van der Waals surface area contributed by atoms with Gasteiger partial charge in [0.1, 0.15) is 0 Å². The summed E-state index contributed by atoms with van der Waals surface area (Å²) in [7, 11) is 0. The summed E-state index contributed by atoms with van der Waals surface area (Å²) < 4.78 is 18.1. The molecule has 5 heteroatoms. The summed E-state index contributed by atoms with van der Waals surface area (Å²) in [6.07, 6.45) is 56.0. The van der Waals surface area contributed by atoms with Crippen LogP contribution < -0.4 is 0 Å². The molecule has 0 spiro atoms. The third-order valence-electron chi connectivity index (χ3n) is 12.7. The van der Waals surface area contributed by atoms with Crippen LogP contribution in [0.4, 0.5) is 0 Å². The molecule has 0 amide bonds. The Hall–Kier alpha value is -0.200. The Balaban J connectivity index is 4.08. The van der Waals surface area contributed by atoms with Crippen LogP contribution in [0.15, 0.2) is 0 Å². The third kappa shape index (κ3) is 50.3. The molecule has 0 radical (unpaired) electrons. The molecule has 0 saturated carbocycles. The summed E-state index contributed by atoms with van der Waals surface area (Å²) in [5.74, 6) is 0. The monoisotopic (exact) mass is 839 g/mol. The van der Waals surface area contributed by atoms with Crippen LogP contribution in [0.5, 0.6) is 0 Å². The summed E-state index contributed by atoms with van der Waals surface area (Å²) in [4.78, 5) is 0. The number of ether oxygens (including phenoxy) is 3. The SMILES string of the molecule is CCCCCCCCCCCCCCCCC(O)COCCOCC(CCCCCCCCCCCCCC)OCC(O)CCCCCCCCCCCCCCCC. The number of rotatable bonds is 53. The van der Waals surface area contributed by atoms with Crippen molar-refractivity contribution in [3.8, 4) is 0 Å². The average Bonchev–Trinajstić information content (AvgIpc) is 3.24. The third-order valence-corrected chi connectivity index (χ3v) is 12.7. The fourth-order valence-electron chi connectivity index (χ4n) is 8.54. The van der Waals surface area contributed by atoms with Crippen molar-refractivity contribution in [1.29, 1.82) is 0 Å². The first-order chi connectivity index (χ1) is 29.1. The van der Waals surface area contributed by atoms with Gasteiger partial charge in [0.25, 0.3) is 0 Å².